The molecule has 3 aliphatic rings. The van der Waals surface area contributed by atoms with E-state index in [0.717, 1.165) is 38.8 Å². The van der Waals surface area contributed by atoms with Crippen molar-refractivity contribution >= 4 is 11.9 Å². The van der Waals surface area contributed by atoms with Gasteiger partial charge in [0.15, 0.2) is 0 Å². The van der Waals surface area contributed by atoms with Crippen molar-refractivity contribution in [3.8, 4) is 0 Å². The van der Waals surface area contributed by atoms with Crippen LogP contribution in [0.3, 0.4) is 0 Å². The SMILES string of the molecule is CCC1(C)CC1C(=O)N1CCC([C@@H]2OCCC2C(=O)O)CC1. The molecular weight excluding hydrogens is 282 g/mol. The van der Waals surface area contributed by atoms with Gasteiger partial charge in [0.2, 0.25) is 5.91 Å². The zero-order valence-electron chi connectivity index (χ0n) is 13.6. The molecule has 0 aromatic carbocycles. The number of likely N-dealkylation sites (tertiary alicyclic amines) is 1. The van der Waals surface area contributed by atoms with Crippen LogP contribution in [-0.2, 0) is 14.3 Å². The summed E-state index contributed by atoms with van der Waals surface area (Å²) in [6.45, 7) is 6.42. The number of nitrogens with zero attached hydrogens (tertiary/aromatic N) is 1. The first-order valence-electron chi connectivity index (χ1n) is 8.59. The highest BCUT2D eigenvalue weighted by atomic mass is 16.5. The number of hydrogen-bond donors (Lipinski definition) is 1. The van der Waals surface area contributed by atoms with Crippen molar-refractivity contribution in [2.75, 3.05) is 19.7 Å². The summed E-state index contributed by atoms with van der Waals surface area (Å²) < 4.78 is 5.69. The van der Waals surface area contributed by atoms with E-state index in [0.29, 0.717) is 18.9 Å². The minimum absolute atomic E-state index is 0.156. The lowest BCUT2D eigenvalue weighted by Crippen LogP contribution is -2.44. The van der Waals surface area contributed by atoms with E-state index >= 15 is 0 Å². The molecule has 124 valence electrons. The first-order chi connectivity index (χ1) is 10.5. The van der Waals surface area contributed by atoms with Crippen LogP contribution in [-0.4, -0.2) is 47.7 Å². The molecule has 3 unspecified atom stereocenters. The summed E-state index contributed by atoms with van der Waals surface area (Å²) in [4.78, 5) is 25.8. The number of carbonyl (C=O) groups excluding carboxylic acids is 1. The maximum Gasteiger partial charge on any atom is 0.309 e. The first kappa shape index (κ1) is 15.8. The van der Waals surface area contributed by atoms with Gasteiger partial charge in [-0.2, -0.15) is 0 Å². The van der Waals surface area contributed by atoms with Crippen molar-refractivity contribution in [3.05, 3.63) is 0 Å². The minimum atomic E-state index is -0.738. The number of carboxylic acids is 1. The average molecular weight is 309 g/mol. The molecule has 1 saturated carbocycles. The number of rotatable bonds is 4. The Morgan fingerprint density at radius 3 is 2.50 bits per heavy atom. The second-order valence-electron chi connectivity index (χ2n) is 7.50. The van der Waals surface area contributed by atoms with Gasteiger partial charge in [0.25, 0.3) is 0 Å². The summed E-state index contributed by atoms with van der Waals surface area (Å²) in [7, 11) is 0. The highest BCUT2D eigenvalue weighted by Crippen LogP contribution is 2.55. The standard InChI is InChI=1S/C17H27NO4/c1-3-17(2)10-13(17)15(19)18-7-4-11(5-8-18)14-12(16(20)21)6-9-22-14/h11-14H,3-10H2,1-2H3,(H,20,21)/t12?,13?,14-,17?/m0/s1. The van der Waals surface area contributed by atoms with Crippen LogP contribution in [0.1, 0.15) is 46.0 Å². The van der Waals surface area contributed by atoms with Crippen molar-refractivity contribution in [2.45, 2.75) is 52.1 Å². The van der Waals surface area contributed by atoms with E-state index < -0.39 is 5.97 Å². The van der Waals surface area contributed by atoms with E-state index in [1.165, 1.54) is 0 Å². The minimum Gasteiger partial charge on any atom is -0.481 e. The Morgan fingerprint density at radius 1 is 1.27 bits per heavy atom. The molecule has 2 heterocycles. The fraction of sp³-hybridized carbons (Fsp3) is 0.882. The van der Waals surface area contributed by atoms with E-state index in [4.69, 9.17) is 4.74 Å². The van der Waals surface area contributed by atoms with Gasteiger partial charge in [-0.25, -0.2) is 0 Å². The highest BCUT2D eigenvalue weighted by Gasteiger charge is 2.54. The number of carboxylic acid groups (broad SMARTS) is 1. The average Bonchev–Trinajstić information content (AvgIpc) is 2.98. The third kappa shape index (κ3) is 2.75. The zero-order valence-corrected chi connectivity index (χ0v) is 13.6. The second kappa shape index (κ2) is 5.84. The molecule has 2 saturated heterocycles. The van der Waals surface area contributed by atoms with Crippen LogP contribution in [0.5, 0.6) is 0 Å². The van der Waals surface area contributed by atoms with E-state index in [9.17, 15) is 14.7 Å². The number of piperidine rings is 1. The summed E-state index contributed by atoms with van der Waals surface area (Å²) in [5.74, 6) is -0.297. The quantitative estimate of drug-likeness (QED) is 0.864. The van der Waals surface area contributed by atoms with Crippen LogP contribution >= 0.6 is 0 Å². The van der Waals surface area contributed by atoms with E-state index in [1.54, 1.807) is 0 Å². The maximum atomic E-state index is 12.5. The molecule has 5 heteroatoms. The Hall–Kier alpha value is -1.10. The number of aliphatic carboxylic acids is 1. The zero-order chi connectivity index (χ0) is 15.9. The van der Waals surface area contributed by atoms with Crippen molar-refractivity contribution in [3.63, 3.8) is 0 Å². The Labute approximate surface area is 132 Å². The molecule has 0 radical (unpaired) electrons. The summed E-state index contributed by atoms with van der Waals surface area (Å²) in [6.07, 6.45) is 4.30. The Bertz CT molecular complexity index is 458. The Kier molecular flexibility index (Phi) is 4.19. The number of ether oxygens (including phenoxy) is 1. The molecular formula is C17H27NO4. The van der Waals surface area contributed by atoms with E-state index in [-0.39, 0.29) is 29.3 Å². The van der Waals surface area contributed by atoms with Crippen LogP contribution in [0.25, 0.3) is 0 Å². The van der Waals surface area contributed by atoms with Gasteiger partial charge < -0.3 is 14.7 Å². The molecule has 1 aliphatic carbocycles. The fourth-order valence-electron chi connectivity index (χ4n) is 4.19. The predicted octanol–water partition coefficient (Wildman–Crippen LogP) is 2.15. The molecule has 3 rings (SSSR count). The molecule has 5 nitrogen and oxygen atoms in total. The van der Waals surface area contributed by atoms with Gasteiger partial charge in [0.1, 0.15) is 0 Å². The summed E-state index contributed by atoms with van der Waals surface area (Å²) in [5, 5.41) is 9.28. The van der Waals surface area contributed by atoms with Gasteiger partial charge in [0, 0.05) is 25.6 Å². The molecule has 4 atom stereocenters. The van der Waals surface area contributed by atoms with Gasteiger partial charge in [0.05, 0.1) is 12.0 Å². The smallest absolute Gasteiger partial charge is 0.309 e. The van der Waals surface area contributed by atoms with E-state index in [1.807, 2.05) is 4.90 Å². The van der Waals surface area contributed by atoms with Crippen molar-refractivity contribution in [1.82, 2.24) is 4.90 Å². The third-order valence-corrected chi connectivity index (χ3v) is 6.23. The van der Waals surface area contributed by atoms with Gasteiger partial charge in [-0.15, -0.1) is 0 Å². The van der Waals surface area contributed by atoms with Crippen LogP contribution < -0.4 is 0 Å². The lowest BCUT2D eigenvalue weighted by molar-refractivity contribution is -0.146. The van der Waals surface area contributed by atoms with E-state index in [2.05, 4.69) is 13.8 Å². The summed E-state index contributed by atoms with van der Waals surface area (Å²) >= 11 is 0. The van der Waals surface area contributed by atoms with Crippen LogP contribution in [0, 0.1) is 23.2 Å². The van der Waals surface area contributed by atoms with Crippen LogP contribution in [0.2, 0.25) is 0 Å². The van der Waals surface area contributed by atoms with Crippen molar-refractivity contribution in [2.24, 2.45) is 23.2 Å². The molecule has 0 aromatic heterocycles. The summed E-state index contributed by atoms with van der Waals surface area (Å²) in [6, 6.07) is 0. The molecule has 0 aromatic rings. The number of hydrogen-bond acceptors (Lipinski definition) is 3. The third-order valence-electron chi connectivity index (χ3n) is 6.23. The molecule has 2 aliphatic heterocycles. The van der Waals surface area contributed by atoms with Crippen LogP contribution in [0.15, 0.2) is 0 Å². The normalized spacial score (nSPS) is 39.0. The van der Waals surface area contributed by atoms with Crippen molar-refractivity contribution < 1.29 is 19.4 Å². The fourth-order valence-corrected chi connectivity index (χ4v) is 4.19. The number of amides is 1. The maximum absolute atomic E-state index is 12.5. The van der Waals surface area contributed by atoms with Gasteiger partial charge in [-0.1, -0.05) is 13.8 Å². The first-order valence-corrected chi connectivity index (χ1v) is 8.59. The van der Waals surface area contributed by atoms with Crippen LogP contribution in [0.4, 0.5) is 0 Å². The monoisotopic (exact) mass is 309 g/mol. The number of carbonyl (C=O) groups is 2. The molecule has 1 amide bonds. The van der Waals surface area contributed by atoms with Crippen molar-refractivity contribution in [1.29, 1.82) is 0 Å². The topological polar surface area (TPSA) is 66.8 Å². The molecule has 22 heavy (non-hydrogen) atoms. The lowest BCUT2D eigenvalue weighted by Gasteiger charge is -2.36. The lowest BCUT2D eigenvalue weighted by atomic mass is 9.84. The van der Waals surface area contributed by atoms with Gasteiger partial charge in [-0.3, -0.25) is 9.59 Å². The summed E-state index contributed by atoms with van der Waals surface area (Å²) in [5.41, 5.74) is 0.219. The molecule has 3 fully saturated rings. The largest absolute Gasteiger partial charge is 0.481 e. The molecule has 0 spiro atoms. The second-order valence-corrected chi connectivity index (χ2v) is 7.50. The Morgan fingerprint density at radius 2 is 1.95 bits per heavy atom. The predicted molar refractivity (Wildman–Crippen MR) is 81.3 cm³/mol. The molecule has 0 bridgehead atoms. The van der Waals surface area contributed by atoms with Gasteiger partial charge >= 0.3 is 5.97 Å². The molecule has 1 N–H and O–H groups in total. The Balaban J connectivity index is 1.53. The highest BCUT2D eigenvalue weighted by molar-refractivity contribution is 5.82. The van der Waals surface area contributed by atoms with Gasteiger partial charge in [-0.05, 0) is 43.4 Å².